The molecule has 2 atom stereocenters. The summed E-state index contributed by atoms with van der Waals surface area (Å²) in [5.74, 6) is 0. The minimum absolute atomic E-state index is 0.0386. The second-order valence-electron chi connectivity index (χ2n) is 5.06. The molecule has 1 aliphatic heterocycles. The van der Waals surface area contributed by atoms with Crippen LogP contribution in [-0.2, 0) is 14.9 Å². The monoisotopic (exact) mass is 293 g/mol. The van der Waals surface area contributed by atoms with Crippen LogP contribution in [0.5, 0.6) is 0 Å². The first-order valence-electron chi connectivity index (χ1n) is 6.92. The van der Waals surface area contributed by atoms with Gasteiger partial charge in [-0.2, -0.15) is 17.0 Å². The lowest BCUT2D eigenvalue weighted by atomic mass is 10.2. The largest absolute Gasteiger partial charge is 0.375 e. The lowest BCUT2D eigenvalue weighted by Gasteiger charge is -2.39. The SMILES string of the molecule is CCC1COC(C)CN1S(=O)(=O)N(C)CCCNC. The van der Waals surface area contributed by atoms with Gasteiger partial charge in [0.05, 0.1) is 12.7 Å². The molecule has 19 heavy (non-hydrogen) atoms. The first-order chi connectivity index (χ1) is 8.93. The Hall–Kier alpha value is -0.210. The fraction of sp³-hybridized carbons (Fsp3) is 1.00. The molecule has 0 radical (unpaired) electrons. The summed E-state index contributed by atoms with van der Waals surface area (Å²) in [6.07, 6.45) is 1.54. The molecular formula is C12H27N3O3S. The smallest absolute Gasteiger partial charge is 0.282 e. The summed E-state index contributed by atoms with van der Waals surface area (Å²) in [6, 6.07) is -0.0482. The maximum absolute atomic E-state index is 12.6. The van der Waals surface area contributed by atoms with Crippen LogP contribution < -0.4 is 5.32 Å². The number of hydrogen-bond donors (Lipinski definition) is 1. The zero-order chi connectivity index (χ0) is 14.5. The van der Waals surface area contributed by atoms with E-state index < -0.39 is 10.2 Å². The minimum atomic E-state index is -3.38. The number of rotatable bonds is 7. The molecule has 0 spiro atoms. The van der Waals surface area contributed by atoms with Crippen LogP contribution in [0, 0.1) is 0 Å². The van der Waals surface area contributed by atoms with Crippen LogP contribution in [0.25, 0.3) is 0 Å². The Balaban J connectivity index is 2.72. The number of morpholine rings is 1. The van der Waals surface area contributed by atoms with Crippen molar-refractivity contribution in [1.29, 1.82) is 0 Å². The molecule has 1 rings (SSSR count). The summed E-state index contributed by atoms with van der Waals surface area (Å²) >= 11 is 0. The van der Waals surface area contributed by atoms with Gasteiger partial charge in [0.2, 0.25) is 0 Å². The van der Waals surface area contributed by atoms with E-state index in [0.29, 0.717) is 19.7 Å². The Bertz CT molecular complexity index is 361. The number of nitrogens with one attached hydrogen (secondary N) is 1. The lowest BCUT2D eigenvalue weighted by molar-refractivity contribution is -0.0248. The standard InChI is InChI=1S/C12H27N3O3S/c1-5-12-10-18-11(2)9-15(12)19(16,17)14(4)8-6-7-13-3/h11-13H,5-10H2,1-4H3. The number of ether oxygens (including phenoxy) is 1. The quantitative estimate of drug-likeness (QED) is 0.685. The number of hydrogen-bond acceptors (Lipinski definition) is 4. The summed E-state index contributed by atoms with van der Waals surface area (Å²) in [7, 11) is 0.139. The third kappa shape index (κ3) is 4.39. The van der Waals surface area contributed by atoms with Gasteiger partial charge in [-0.3, -0.25) is 0 Å². The van der Waals surface area contributed by atoms with E-state index >= 15 is 0 Å². The Morgan fingerprint density at radius 3 is 2.74 bits per heavy atom. The van der Waals surface area contributed by atoms with E-state index in [0.717, 1.165) is 19.4 Å². The maximum Gasteiger partial charge on any atom is 0.282 e. The molecule has 6 nitrogen and oxygen atoms in total. The molecule has 0 aromatic heterocycles. The molecule has 1 N–H and O–H groups in total. The van der Waals surface area contributed by atoms with Gasteiger partial charge in [0, 0.05) is 26.2 Å². The van der Waals surface area contributed by atoms with Gasteiger partial charge in [-0.05, 0) is 33.4 Å². The topological polar surface area (TPSA) is 61.9 Å². The zero-order valence-electron chi connectivity index (χ0n) is 12.4. The average molecular weight is 293 g/mol. The molecular weight excluding hydrogens is 266 g/mol. The Labute approximate surface area is 117 Å². The van der Waals surface area contributed by atoms with Crippen molar-refractivity contribution in [3.63, 3.8) is 0 Å². The normalized spacial score (nSPS) is 25.9. The minimum Gasteiger partial charge on any atom is -0.375 e. The van der Waals surface area contributed by atoms with Crippen LogP contribution in [0.1, 0.15) is 26.7 Å². The summed E-state index contributed by atoms with van der Waals surface area (Å²) in [5, 5.41) is 3.03. The Morgan fingerprint density at radius 2 is 2.16 bits per heavy atom. The van der Waals surface area contributed by atoms with Gasteiger partial charge in [0.25, 0.3) is 10.2 Å². The molecule has 0 amide bonds. The maximum atomic E-state index is 12.6. The van der Waals surface area contributed by atoms with E-state index in [1.807, 2.05) is 20.9 Å². The van der Waals surface area contributed by atoms with Crippen molar-refractivity contribution in [1.82, 2.24) is 13.9 Å². The lowest BCUT2D eigenvalue weighted by Crippen LogP contribution is -2.55. The number of nitrogens with zero attached hydrogens (tertiary/aromatic N) is 2. The highest BCUT2D eigenvalue weighted by Crippen LogP contribution is 2.20. The van der Waals surface area contributed by atoms with Crippen LogP contribution in [0.3, 0.4) is 0 Å². The summed E-state index contributed by atoms with van der Waals surface area (Å²) in [5.41, 5.74) is 0. The summed E-state index contributed by atoms with van der Waals surface area (Å²) < 4.78 is 33.7. The Morgan fingerprint density at radius 1 is 1.47 bits per heavy atom. The van der Waals surface area contributed by atoms with Crippen molar-refractivity contribution in [3.8, 4) is 0 Å². The van der Waals surface area contributed by atoms with Crippen LogP contribution in [0.2, 0.25) is 0 Å². The van der Waals surface area contributed by atoms with Crippen molar-refractivity contribution in [3.05, 3.63) is 0 Å². The predicted molar refractivity (Wildman–Crippen MR) is 76.3 cm³/mol. The van der Waals surface area contributed by atoms with Gasteiger partial charge in [0.15, 0.2) is 0 Å². The third-order valence-electron chi connectivity index (χ3n) is 3.48. The van der Waals surface area contributed by atoms with Gasteiger partial charge in [-0.1, -0.05) is 6.92 Å². The van der Waals surface area contributed by atoms with E-state index in [9.17, 15) is 8.42 Å². The molecule has 1 heterocycles. The van der Waals surface area contributed by atoms with Crippen LogP contribution >= 0.6 is 0 Å². The fourth-order valence-corrected chi connectivity index (χ4v) is 3.89. The average Bonchev–Trinajstić information content (AvgIpc) is 2.38. The van der Waals surface area contributed by atoms with E-state index in [1.54, 1.807) is 11.4 Å². The highest BCUT2D eigenvalue weighted by Gasteiger charge is 2.36. The summed E-state index contributed by atoms with van der Waals surface area (Å²) in [6.45, 7) is 6.18. The molecule has 1 saturated heterocycles. The molecule has 0 aromatic carbocycles. The predicted octanol–water partition coefficient (Wildman–Crippen LogP) is 0.272. The van der Waals surface area contributed by atoms with Crippen molar-refractivity contribution in [2.75, 3.05) is 40.3 Å². The molecule has 0 aromatic rings. The van der Waals surface area contributed by atoms with E-state index in [1.165, 1.54) is 4.31 Å². The molecule has 0 bridgehead atoms. The van der Waals surface area contributed by atoms with Gasteiger partial charge >= 0.3 is 0 Å². The molecule has 0 saturated carbocycles. The van der Waals surface area contributed by atoms with Crippen molar-refractivity contribution < 1.29 is 13.2 Å². The first-order valence-corrected chi connectivity index (χ1v) is 8.32. The molecule has 1 fully saturated rings. The van der Waals surface area contributed by atoms with Gasteiger partial charge < -0.3 is 10.1 Å². The van der Waals surface area contributed by atoms with Crippen LogP contribution in [0.15, 0.2) is 0 Å². The van der Waals surface area contributed by atoms with Crippen molar-refractivity contribution in [2.24, 2.45) is 0 Å². The van der Waals surface area contributed by atoms with Crippen LogP contribution in [0.4, 0.5) is 0 Å². The summed E-state index contributed by atoms with van der Waals surface area (Å²) in [4.78, 5) is 0. The fourth-order valence-electron chi connectivity index (χ4n) is 2.19. The molecule has 2 unspecified atom stereocenters. The molecule has 1 aliphatic rings. The second kappa shape index (κ2) is 7.54. The highest BCUT2D eigenvalue weighted by atomic mass is 32.2. The zero-order valence-corrected chi connectivity index (χ0v) is 13.2. The third-order valence-corrected chi connectivity index (χ3v) is 5.49. The van der Waals surface area contributed by atoms with Crippen molar-refractivity contribution >= 4 is 10.2 Å². The molecule has 114 valence electrons. The van der Waals surface area contributed by atoms with E-state index in [2.05, 4.69) is 5.32 Å². The molecule has 0 aliphatic carbocycles. The molecule has 7 heteroatoms. The van der Waals surface area contributed by atoms with Gasteiger partial charge in [-0.25, -0.2) is 0 Å². The highest BCUT2D eigenvalue weighted by molar-refractivity contribution is 7.86. The van der Waals surface area contributed by atoms with Crippen molar-refractivity contribution in [2.45, 2.75) is 38.8 Å². The second-order valence-corrected chi connectivity index (χ2v) is 7.05. The van der Waals surface area contributed by atoms with Crippen LogP contribution in [-0.4, -0.2) is 69.5 Å². The van der Waals surface area contributed by atoms with Gasteiger partial charge in [-0.15, -0.1) is 0 Å². The van der Waals surface area contributed by atoms with Gasteiger partial charge in [0.1, 0.15) is 0 Å². The Kier molecular flexibility index (Phi) is 6.68. The van der Waals surface area contributed by atoms with E-state index in [4.69, 9.17) is 4.74 Å². The van der Waals surface area contributed by atoms with E-state index in [-0.39, 0.29) is 12.1 Å². The first kappa shape index (κ1) is 16.8.